The Balaban J connectivity index is 1.70. The number of carbonyl (C=O) groups is 1. The molecule has 1 saturated heterocycles. The Morgan fingerprint density at radius 1 is 1.24 bits per heavy atom. The Morgan fingerprint density at radius 2 is 2.00 bits per heavy atom. The van der Waals surface area contributed by atoms with Crippen molar-refractivity contribution in [2.45, 2.75) is 25.7 Å². The highest BCUT2D eigenvalue weighted by Gasteiger charge is 2.31. The summed E-state index contributed by atoms with van der Waals surface area (Å²) in [6.07, 6.45) is -1.58. The average Bonchev–Trinajstić information content (AvgIpc) is 3.32. The van der Waals surface area contributed by atoms with Crippen molar-refractivity contribution in [1.29, 1.82) is 0 Å². The van der Waals surface area contributed by atoms with Crippen LogP contribution in [0.4, 0.5) is 13.2 Å². The lowest BCUT2D eigenvalue weighted by Gasteiger charge is -2.15. The quantitative estimate of drug-likeness (QED) is 0.643. The van der Waals surface area contributed by atoms with Gasteiger partial charge in [-0.2, -0.15) is 0 Å². The number of likely N-dealkylation sites (tertiary alicyclic amines) is 1. The van der Waals surface area contributed by atoms with E-state index in [0.29, 0.717) is 29.0 Å². The van der Waals surface area contributed by atoms with E-state index in [9.17, 15) is 22.8 Å². The number of alkyl halides is 3. The fourth-order valence-corrected chi connectivity index (χ4v) is 4.27. The number of nitrogens with zero attached hydrogens (tertiary/aromatic N) is 3. The SMILES string of the molecule is O=C(Cn1cnc2scc(-c3cccc(OC(F)(F)F)c3)c2c1=O)N1CCCC1. The maximum Gasteiger partial charge on any atom is 0.573 e. The molecule has 0 bridgehead atoms. The van der Waals surface area contributed by atoms with Gasteiger partial charge in [0.15, 0.2) is 0 Å². The van der Waals surface area contributed by atoms with Gasteiger partial charge < -0.3 is 9.64 Å². The second kappa shape index (κ2) is 7.51. The molecule has 1 aromatic carbocycles. The van der Waals surface area contributed by atoms with Crippen LogP contribution in [0.15, 0.2) is 40.8 Å². The molecular formula is C19H16F3N3O3S. The van der Waals surface area contributed by atoms with Gasteiger partial charge in [0, 0.05) is 24.0 Å². The van der Waals surface area contributed by atoms with Crippen LogP contribution in [0.5, 0.6) is 5.75 Å². The number of ether oxygens (including phenoxy) is 1. The summed E-state index contributed by atoms with van der Waals surface area (Å²) in [7, 11) is 0. The normalized spacial score (nSPS) is 14.5. The second-order valence-corrected chi connectivity index (χ2v) is 7.53. The Hall–Kier alpha value is -2.88. The second-order valence-electron chi connectivity index (χ2n) is 6.67. The van der Waals surface area contributed by atoms with Gasteiger partial charge in [0.25, 0.3) is 5.56 Å². The minimum atomic E-state index is -4.81. The van der Waals surface area contributed by atoms with E-state index in [1.807, 2.05) is 0 Å². The fourth-order valence-electron chi connectivity index (χ4n) is 3.37. The van der Waals surface area contributed by atoms with Crippen molar-refractivity contribution in [3.05, 3.63) is 46.3 Å². The summed E-state index contributed by atoms with van der Waals surface area (Å²) >= 11 is 1.21. The van der Waals surface area contributed by atoms with Crippen LogP contribution in [0, 0.1) is 0 Å². The summed E-state index contributed by atoms with van der Waals surface area (Å²) in [6, 6.07) is 5.43. The number of hydrogen-bond donors (Lipinski definition) is 0. The Kier molecular flexibility index (Phi) is 5.03. The minimum absolute atomic E-state index is 0.117. The van der Waals surface area contributed by atoms with Gasteiger partial charge in [0.1, 0.15) is 17.1 Å². The zero-order valence-electron chi connectivity index (χ0n) is 15.1. The van der Waals surface area contributed by atoms with Gasteiger partial charge in [-0.05, 0) is 30.5 Å². The molecule has 2 aromatic heterocycles. The van der Waals surface area contributed by atoms with Crippen molar-refractivity contribution in [2.24, 2.45) is 0 Å². The molecule has 0 atom stereocenters. The van der Waals surface area contributed by atoms with Gasteiger partial charge in [0.2, 0.25) is 5.91 Å². The van der Waals surface area contributed by atoms with E-state index in [1.54, 1.807) is 16.3 Å². The molecule has 1 fully saturated rings. The van der Waals surface area contributed by atoms with Crippen LogP contribution in [0.25, 0.3) is 21.3 Å². The largest absolute Gasteiger partial charge is 0.573 e. The van der Waals surface area contributed by atoms with Gasteiger partial charge in [-0.25, -0.2) is 4.98 Å². The standard InChI is InChI=1S/C19H16F3N3O3S/c20-19(21,22)28-13-5-3-4-12(8-13)14-10-29-17-16(14)18(27)25(11-23-17)9-15(26)24-6-1-2-7-24/h3-5,8,10-11H,1-2,6-7,9H2. The highest BCUT2D eigenvalue weighted by molar-refractivity contribution is 7.17. The fraction of sp³-hybridized carbons (Fsp3) is 0.316. The lowest BCUT2D eigenvalue weighted by atomic mass is 10.1. The summed E-state index contributed by atoms with van der Waals surface area (Å²) < 4.78 is 42.8. The third-order valence-electron chi connectivity index (χ3n) is 4.70. The third kappa shape index (κ3) is 4.12. The highest BCUT2D eigenvalue weighted by atomic mass is 32.1. The molecule has 1 aliphatic rings. The predicted octanol–water partition coefficient (Wildman–Crippen LogP) is 3.65. The number of hydrogen-bond acceptors (Lipinski definition) is 5. The number of halogens is 3. The molecule has 152 valence electrons. The molecule has 0 unspecified atom stereocenters. The zero-order valence-corrected chi connectivity index (χ0v) is 15.9. The Bertz CT molecular complexity index is 1120. The number of fused-ring (bicyclic) bond motifs is 1. The molecule has 0 saturated carbocycles. The van der Waals surface area contributed by atoms with Crippen LogP contribution < -0.4 is 10.3 Å². The van der Waals surface area contributed by atoms with Crippen LogP contribution in [0.3, 0.4) is 0 Å². The molecule has 3 aromatic rings. The van der Waals surface area contributed by atoms with Gasteiger partial charge >= 0.3 is 6.36 Å². The van der Waals surface area contributed by atoms with Crippen molar-refractivity contribution in [1.82, 2.24) is 14.5 Å². The molecule has 6 nitrogen and oxygen atoms in total. The van der Waals surface area contributed by atoms with Crippen molar-refractivity contribution < 1.29 is 22.7 Å². The molecule has 3 heterocycles. The predicted molar refractivity (Wildman–Crippen MR) is 102 cm³/mol. The van der Waals surface area contributed by atoms with Crippen LogP contribution in [0.2, 0.25) is 0 Å². The molecule has 0 aliphatic carbocycles. The van der Waals surface area contributed by atoms with E-state index in [2.05, 4.69) is 9.72 Å². The van der Waals surface area contributed by atoms with Crippen LogP contribution in [0.1, 0.15) is 12.8 Å². The maximum atomic E-state index is 13.0. The first kappa shape index (κ1) is 19.4. The number of amides is 1. The Labute approximate surface area is 167 Å². The highest BCUT2D eigenvalue weighted by Crippen LogP contribution is 2.33. The summed E-state index contributed by atoms with van der Waals surface area (Å²) in [6.45, 7) is 1.24. The van der Waals surface area contributed by atoms with Gasteiger partial charge in [-0.15, -0.1) is 24.5 Å². The zero-order chi connectivity index (χ0) is 20.6. The first-order chi connectivity index (χ1) is 13.8. The molecule has 0 spiro atoms. The van der Waals surface area contributed by atoms with E-state index < -0.39 is 11.9 Å². The lowest BCUT2D eigenvalue weighted by Crippen LogP contribution is -2.34. The monoisotopic (exact) mass is 423 g/mol. The van der Waals surface area contributed by atoms with Crippen LogP contribution in [-0.4, -0.2) is 39.8 Å². The van der Waals surface area contributed by atoms with E-state index in [1.165, 1.54) is 40.4 Å². The maximum absolute atomic E-state index is 13.0. The van der Waals surface area contributed by atoms with E-state index in [-0.39, 0.29) is 23.6 Å². The number of benzene rings is 1. The average molecular weight is 423 g/mol. The first-order valence-electron chi connectivity index (χ1n) is 8.92. The lowest BCUT2D eigenvalue weighted by molar-refractivity contribution is -0.274. The smallest absolute Gasteiger partial charge is 0.406 e. The summed E-state index contributed by atoms with van der Waals surface area (Å²) in [4.78, 5) is 31.8. The molecule has 29 heavy (non-hydrogen) atoms. The van der Waals surface area contributed by atoms with Gasteiger partial charge in [-0.1, -0.05) is 12.1 Å². The topological polar surface area (TPSA) is 64.4 Å². The van der Waals surface area contributed by atoms with Crippen molar-refractivity contribution in [3.63, 3.8) is 0 Å². The molecule has 0 radical (unpaired) electrons. The molecular weight excluding hydrogens is 407 g/mol. The number of thiophene rings is 1. The van der Waals surface area contributed by atoms with Gasteiger partial charge in [-0.3, -0.25) is 14.2 Å². The van der Waals surface area contributed by atoms with Crippen molar-refractivity contribution in [2.75, 3.05) is 13.1 Å². The molecule has 1 amide bonds. The summed E-state index contributed by atoms with van der Waals surface area (Å²) in [5.41, 5.74) is 0.458. The third-order valence-corrected chi connectivity index (χ3v) is 5.59. The van der Waals surface area contributed by atoms with Gasteiger partial charge in [0.05, 0.1) is 11.7 Å². The van der Waals surface area contributed by atoms with Crippen LogP contribution in [-0.2, 0) is 11.3 Å². The van der Waals surface area contributed by atoms with E-state index in [4.69, 9.17) is 0 Å². The molecule has 0 N–H and O–H groups in total. The van der Waals surface area contributed by atoms with Crippen molar-refractivity contribution in [3.8, 4) is 16.9 Å². The first-order valence-corrected chi connectivity index (χ1v) is 9.80. The number of carbonyl (C=O) groups excluding carboxylic acids is 1. The molecule has 10 heteroatoms. The van der Waals surface area contributed by atoms with Crippen LogP contribution >= 0.6 is 11.3 Å². The number of rotatable bonds is 4. The summed E-state index contributed by atoms with van der Waals surface area (Å²) in [5, 5.41) is 1.94. The molecule has 4 rings (SSSR count). The van der Waals surface area contributed by atoms with E-state index in [0.717, 1.165) is 12.8 Å². The Morgan fingerprint density at radius 3 is 2.72 bits per heavy atom. The summed E-state index contributed by atoms with van der Waals surface area (Å²) in [5.74, 6) is -0.522. The van der Waals surface area contributed by atoms with Crippen molar-refractivity contribution >= 4 is 27.5 Å². The van der Waals surface area contributed by atoms with E-state index >= 15 is 0 Å². The number of aromatic nitrogens is 2. The minimum Gasteiger partial charge on any atom is -0.406 e. The molecule has 1 aliphatic heterocycles.